The fraction of sp³-hybridized carbons (Fsp3) is 0.765. The van der Waals surface area contributed by atoms with Gasteiger partial charge in [0.1, 0.15) is 5.76 Å². The van der Waals surface area contributed by atoms with Crippen molar-refractivity contribution in [1.29, 1.82) is 0 Å². The van der Waals surface area contributed by atoms with Crippen LogP contribution in [0.3, 0.4) is 0 Å². The first-order chi connectivity index (χ1) is 9.81. The van der Waals surface area contributed by atoms with Crippen molar-refractivity contribution in [1.82, 2.24) is 10.2 Å². The largest absolute Gasteiger partial charge is 0.468 e. The van der Waals surface area contributed by atoms with Crippen LogP contribution in [0.15, 0.2) is 16.7 Å². The zero-order chi connectivity index (χ0) is 13.8. The zero-order valence-corrected chi connectivity index (χ0v) is 12.7. The van der Waals surface area contributed by atoms with Crippen LogP contribution in [0.25, 0.3) is 0 Å². The van der Waals surface area contributed by atoms with Crippen molar-refractivity contribution in [2.45, 2.75) is 64.1 Å². The lowest BCUT2D eigenvalue weighted by Gasteiger charge is -2.26. The maximum absolute atomic E-state index is 5.64. The van der Waals surface area contributed by atoms with Gasteiger partial charge in [0.05, 0.1) is 12.8 Å². The topological polar surface area (TPSA) is 28.4 Å². The van der Waals surface area contributed by atoms with Crippen LogP contribution in [0.4, 0.5) is 0 Å². The van der Waals surface area contributed by atoms with Gasteiger partial charge in [-0.2, -0.15) is 0 Å². The van der Waals surface area contributed by atoms with Crippen molar-refractivity contribution >= 4 is 0 Å². The van der Waals surface area contributed by atoms with Crippen LogP contribution in [0.2, 0.25) is 0 Å². The van der Waals surface area contributed by atoms with Crippen molar-refractivity contribution in [3.63, 3.8) is 0 Å². The molecular formula is C17H28N2O. The Bertz CT molecular complexity index is 405. The lowest BCUT2D eigenvalue weighted by Crippen LogP contribution is -2.27. The highest BCUT2D eigenvalue weighted by atomic mass is 16.3. The fourth-order valence-electron chi connectivity index (χ4n) is 3.35. The third-order valence-corrected chi connectivity index (χ3v) is 4.70. The second kappa shape index (κ2) is 6.77. The minimum atomic E-state index is 0.743. The van der Waals surface area contributed by atoms with E-state index in [1.54, 1.807) is 0 Å². The minimum Gasteiger partial charge on any atom is -0.468 e. The molecule has 20 heavy (non-hydrogen) atoms. The Morgan fingerprint density at radius 3 is 2.75 bits per heavy atom. The molecule has 0 spiro atoms. The van der Waals surface area contributed by atoms with E-state index in [-0.39, 0.29) is 0 Å². The van der Waals surface area contributed by atoms with E-state index in [1.807, 2.05) is 6.26 Å². The second-order valence-corrected chi connectivity index (χ2v) is 6.72. The number of hydrogen-bond donors (Lipinski definition) is 1. The maximum Gasteiger partial charge on any atom is 0.122 e. The summed E-state index contributed by atoms with van der Waals surface area (Å²) in [6, 6.07) is 2.88. The van der Waals surface area contributed by atoms with Gasteiger partial charge >= 0.3 is 0 Å². The Morgan fingerprint density at radius 2 is 2.00 bits per heavy atom. The fourth-order valence-corrected chi connectivity index (χ4v) is 3.35. The van der Waals surface area contributed by atoms with Crippen LogP contribution in [-0.4, -0.2) is 24.5 Å². The normalized spacial score (nSPS) is 20.7. The molecule has 1 heterocycles. The van der Waals surface area contributed by atoms with E-state index < -0.39 is 0 Å². The van der Waals surface area contributed by atoms with Crippen molar-refractivity contribution in [3.8, 4) is 0 Å². The molecule has 0 unspecified atom stereocenters. The van der Waals surface area contributed by atoms with Gasteiger partial charge in [0.15, 0.2) is 0 Å². The third kappa shape index (κ3) is 4.10. The molecule has 2 aliphatic rings. The van der Waals surface area contributed by atoms with Crippen LogP contribution in [0.1, 0.15) is 56.3 Å². The highest BCUT2D eigenvalue weighted by Crippen LogP contribution is 2.25. The summed E-state index contributed by atoms with van der Waals surface area (Å²) >= 11 is 0. The van der Waals surface area contributed by atoms with Gasteiger partial charge in [0.2, 0.25) is 0 Å². The average Bonchev–Trinajstić information content (AvgIpc) is 3.18. The highest BCUT2D eigenvalue weighted by molar-refractivity contribution is 5.17. The number of rotatable bonds is 7. The summed E-state index contributed by atoms with van der Waals surface area (Å²) in [5.41, 5.74) is 1.36. The van der Waals surface area contributed by atoms with E-state index in [4.69, 9.17) is 4.42 Å². The molecule has 1 aromatic heterocycles. The van der Waals surface area contributed by atoms with E-state index >= 15 is 0 Å². The molecular weight excluding hydrogens is 248 g/mol. The summed E-state index contributed by atoms with van der Waals surface area (Å²) in [7, 11) is 2.25. The van der Waals surface area contributed by atoms with Gasteiger partial charge in [-0.25, -0.2) is 0 Å². The number of furan rings is 1. The average molecular weight is 276 g/mol. The Balaban J connectivity index is 1.47. The van der Waals surface area contributed by atoms with E-state index in [9.17, 15) is 0 Å². The molecule has 0 amide bonds. The molecule has 0 saturated heterocycles. The summed E-state index contributed by atoms with van der Waals surface area (Å²) in [4.78, 5) is 2.47. The van der Waals surface area contributed by atoms with Gasteiger partial charge in [0, 0.05) is 24.7 Å². The predicted molar refractivity (Wildman–Crippen MR) is 81.5 cm³/mol. The maximum atomic E-state index is 5.64. The summed E-state index contributed by atoms with van der Waals surface area (Å²) in [6.07, 6.45) is 11.7. The van der Waals surface area contributed by atoms with Gasteiger partial charge in [-0.1, -0.05) is 19.3 Å². The first-order valence-electron chi connectivity index (χ1n) is 8.28. The SMILES string of the molecule is CN(Cc1ccoc1CNC1CC1)CC1CCCCC1. The zero-order valence-electron chi connectivity index (χ0n) is 12.7. The molecule has 1 N–H and O–H groups in total. The molecule has 112 valence electrons. The quantitative estimate of drug-likeness (QED) is 0.825. The molecule has 0 bridgehead atoms. The molecule has 0 atom stereocenters. The molecule has 3 heteroatoms. The van der Waals surface area contributed by atoms with E-state index in [1.165, 1.54) is 57.1 Å². The van der Waals surface area contributed by atoms with Crippen LogP contribution in [-0.2, 0) is 13.1 Å². The van der Waals surface area contributed by atoms with E-state index in [0.29, 0.717) is 0 Å². The molecule has 2 fully saturated rings. The molecule has 1 aromatic rings. The molecule has 0 aromatic carbocycles. The molecule has 0 aliphatic heterocycles. The first-order valence-corrected chi connectivity index (χ1v) is 8.28. The van der Waals surface area contributed by atoms with Gasteiger partial charge in [-0.05, 0) is 44.7 Å². The number of nitrogens with zero attached hydrogens (tertiary/aromatic N) is 1. The smallest absolute Gasteiger partial charge is 0.122 e. The Kier molecular flexibility index (Phi) is 4.79. The Morgan fingerprint density at radius 1 is 1.20 bits per heavy atom. The molecule has 2 aliphatic carbocycles. The predicted octanol–water partition coefficient (Wildman–Crippen LogP) is 3.54. The minimum absolute atomic E-state index is 0.743. The van der Waals surface area contributed by atoms with Crippen LogP contribution >= 0.6 is 0 Å². The molecule has 3 nitrogen and oxygen atoms in total. The standard InChI is InChI=1S/C17H28N2O/c1-19(12-14-5-3-2-4-6-14)13-15-9-10-20-17(15)11-18-16-7-8-16/h9-10,14,16,18H,2-8,11-13H2,1H3. The van der Waals surface area contributed by atoms with Gasteiger partial charge in [-0.3, -0.25) is 0 Å². The lowest BCUT2D eigenvalue weighted by molar-refractivity contribution is 0.227. The second-order valence-electron chi connectivity index (χ2n) is 6.72. The van der Waals surface area contributed by atoms with E-state index in [0.717, 1.165) is 30.8 Å². The number of hydrogen-bond acceptors (Lipinski definition) is 3. The highest BCUT2D eigenvalue weighted by Gasteiger charge is 2.21. The summed E-state index contributed by atoms with van der Waals surface area (Å²) in [6.45, 7) is 3.15. The van der Waals surface area contributed by atoms with Gasteiger partial charge in [0.25, 0.3) is 0 Å². The van der Waals surface area contributed by atoms with Gasteiger partial charge in [-0.15, -0.1) is 0 Å². The van der Waals surface area contributed by atoms with Crippen LogP contribution < -0.4 is 5.32 Å². The Labute approximate surface area is 122 Å². The van der Waals surface area contributed by atoms with Crippen LogP contribution in [0.5, 0.6) is 0 Å². The molecule has 0 radical (unpaired) electrons. The lowest BCUT2D eigenvalue weighted by atomic mass is 9.89. The molecule has 3 rings (SSSR count). The molecule has 2 saturated carbocycles. The first kappa shape index (κ1) is 14.2. The number of nitrogens with one attached hydrogen (secondary N) is 1. The monoisotopic (exact) mass is 276 g/mol. The van der Waals surface area contributed by atoms with Crippen molar-refractivity contribution in [2.24, 2.45) is 5.92 Å². The Hall–Kier alpha value is -0.800. The third-order valence-electron chi connectivity index (χ3n) is 4.70. The van der Waals surface area contributed by atoms with Crippen LogP contribution in [0, 0.1) is 5.92 Å². The summed E-state index contributed by atoms with van der Waals surface area (Å²) < 4.78 is 5.64. The van der Waals surface area contributed by atoms with E-state index in [2.05, 4.69) is 23.3 Å². The van der Waals surface area contributed by atoms with Crippen molar-refractivity contribution < 1.29 is 4.42 Å². The summed E-state index contributed by atoms with van der Waals surface area (Å²) in [5, 5.41) is 3.54. The summed E-state index contributed by atoms with van der Waals surface area (Å²) in [5.74, 6) is 2.04. The van der Waals surface area contributed by atoms with Gasteiger partial charge < -0.3 is 14.6 Å². The van der Waals surface area contributed by atoms with Crippen molar-refractivity contribution in [3.05, 3.63) is 23.7 Å². The van der Waals surface area contributed by atoms with Crippen molar-refractivity contribution in [2.75, 3.05) is 13.6 Å².